The number of hydrogen-bond donors (Lipinski definition) is 0. The van der Waals surface area contributed by atoms with Crippen molar-refractivity contribution in [2.75, 3.05) is 13.2 Å². The molecule has 0 radical (unpaired) electrons. The Kier molecular flexibility index (Phi) is 4.26. The summed E-state index contributed by atoms with van der Waals surface area (Å²) in [5.74, 6) is 0. The molecule has 3 heteroatoms. The summed E-state index contributed by atoms with van der Waals surface area (Å²) in [6.07, 6.45) is 2.69. The molecule has 0 bridgehead atoms. The molecule has 0 atom stereocenters. The highest BCUT2D eigenvalue weighted by atomic mass is 16.5. The number of aromatic nitrogens is 1. The predicted octanol–water partition coefficient (Wildman–Crippen LogP) is 1.27. The molecule has 1 heterocycles. The van der Waals surface area contributed by atoms with E-state index in [0.717, 1.165) is 26.2 Å². The number of nitrogens with zero attached hydrogens (tertiary/aromatic N) is 1. The highest BCUT2D eigenvalue weighted by Gasteiger charge is 1.92. The summed E-state index contributed by atoms with van der Waals surface area (Å²) in [5, 5.41) is 0. The first-order valence-electron chi connectivity index (χ1n) is 4.58. The molecule has 13 heavy (non-hydrogen) atoms. The highest BCUT2D eigenvalue weighted by Crippen LogP contribution is 1.88. The number of pyridine rings is 1. The lowest BCUT2D eigenvalue weighted by Gasteiger charge is -2.04. The molecular formula is C10H15NO2. The molecule has 1 aromatic heterocycles. The molecule has 0 amide bonds. The largest absolute Gasteiger partial charge is 0.382 e. The van der Waals surface area contributed by atoms with Gasteiger partial charge in [-0.2, -0.15) is 0 Å². The molecule has 72 valence electrons. The van der Waals surface area contributed by atoms with E-state index in [1.54, 1.807) is 22.9 Å². The van der Waals surface area contributed by atoms with E-state index in [-0.39, 0.29) is 5.56 Å². The smallest absolute Gasteiger partial charge is 0.250 e. The standard InChI is InChI=1S/C10H15NO2/c1-2-13-9-5-8-11-7-4-3-6-10(11)12/h3-4,6-7H,2,5,8-9H2,1H3. The minimum atomic E-state index is 0.0546. The van der Waals surface area contributed by atoms with Gasteiger partial charge >= 0.3 is 0 Å². The van der Waals surface area contributed by atoms with Gasteiger partial charge in [0.2, 0.25) is 5.56 Å². The lowest BCUT2D eigenvalue weighted by atomic mass is 10.4. The topological polar surface area (TPSA) is 31.2 Å². The SMILES string of the molecule is CCOCCCn1ccccc1=O. The van der Waals surface area contributed by atoms with Crippen molar-refractivity contribution in [3.05, 3.63) is 34.7 Å². The predicted molar refractivity (Wildman–Crippen MR) is 51.8 cm³/mol. The van der Waals surface area contributed by atoms with Gasteiger partial charge in [-0.3, -0.25) is 4.79 Å². The Morgan fingerprint density at radius 2 is 2.31 bits per heavy atom. The highest BCUT2D eigenvalue weighted by molar-refractivity contribution is 4.92. The van der Waals surface area contributed by atoms with Crippen LogP contribution in [0.1, 0.15) is 13.3 Å². The lowest BCUT2D eigenvalue weighted by molar-refractivity contribution is 0.141. The van der Waals surface area contributed by atoms with Crippen molar-refractivity contribution in [3.8, 4) is 0 Å². The third-order valence-electron chi connectivity index (χ3n) is 1.79. The summed E-state index contributed by atoms with van der Waals surface area (Å²) in [7, 11) is 0. The number of ether oxygens (including phenoxy) is 1. The Labute approximate surface area is 78.0 Å². The monoisotopic (exact) mass is 181 g/mol. The number of rotatable bonds is 5. The first-order valence-corrected chi connectivity index (χ1v) is 4.58. The average molecular weight is 181 g/mol. The van der Waals surface area contributed by atoms with Gasteiger partial charge in [-0.25, -0.2) is 0 Å². The van der Waals surface area contributed by atoms with Crippen molar-refractivity contribution in [2.24, 2.45) is 0 Å². The summed E-state index contributed by atoms with van der Waals surface area (Å²) in [6.45, 7) is 4.16. The van der Waals surface area contributed by atoms with Gasteiger partial charge in [0.15, 0.2) is 0 Å². The first-order chi connectivity index (χ1) is 6.34. The Balaban J connectivity index is 2.37. The van der Waals surface area contributed by atoms with Crippen LogP contribution in [0.3, 0.4) is 0 Å². The molecule has 0 saturated heterocycles. The van der Waals surface area contributed by atoms with Gasteiger partial charge in [-0.05, 0) is 19.4 Å². The van der Waals surface area contributed by atoms with E-state index in [9.17, 15) is 4.79 Å². The molecule has 0 N–H and O–H groups in total. The van der Waals surface area contributed by atoms with E-state index in [1.165, 1.54) is 0 Å². The molecule has 0 spiro atoms. The van der Waals surface area contributed by atoms with Crippen LogP contribution in [0.5, 0.6) is 0 Å². The van der Waals surface area contributed by atoms with Crippen molar-refractivity contribution < 1.29 is 4.74 Å². The Morgan fingerprint density at radius 3 is 3.00 bits per heavy atom. The normalized spacial score (nSPS) is 10.2. The molecule has 0 aliphatic heterocycles. The molecule has 0 unspecified atom stereocenters. The van der Waals surface area contributed by atoms with E-state index in [0.29, 0.717) is 0 Å². The molecule has 1 rings (SSSR count). The maximum atomic E-state index is 11.2. The van der Waals surface area contributed by atoms with Crippen molar-refractivity contribution in [2.45, 2.75) is 19.9 Å². The van der Waals surface area contributed by atoms with Crippen molar-refractivity contribution in [3.63, 3.8) is 0 Å². The molecule has 0 aliphatic rings. The van der Waals surface area contributed by atoms with Crippen LogP contribution in [0.25, 0.3) is 0 Å². The molecule has 3 nitrogen and oxygen atoms in total. The third kappa shape index (κ3) is 3.42. The van der Waals surface area contributed by atoms with Crippen LogP contribution in [-0.2, 0) is 11.3 Å². The maximum absolute atomic E-state index is 11.2. The van der Waals surface area contributed by atoms with E-state index < -0.39 is 0 Å². The molecular weight excluding hydrogens is 166 g/mol. The fourth-order valence-corrected chi connectivity index (χ4v) is 1.13. The Hall–Kier alpha value is -1.09. The van der Waals surface area contributed by atoms with Gasteiger partial charge < -0.3 is 9.30 Å². The molecule has 1 aromatic rings. The van der Waals surface area contributed by atoms with E-state index in [4.69, 9.17) is 4.74 Å². The van der Waals surface area contributed by atoms with Gasteiger partial charge in [0.05, 0.1) is 0 Å². The van der Waals surface area contributed by atoms with Gasteiger partial charge in [0.1, 0.15) is 0 Å². The van der Waals surface area contributed by atoms with Crippen LogP contribution in [0.4, 0.5) is 0 Å². The quantitative estimate of drug-likeness (QED) is 0.641. The lowest BCUT2D eigenvalue weighted by Crippen LogP contribution is -2.18. The van der Waals surface area contributed by atoms with E-state index >= 15 is 0 Å². The Bertz CT molecular complexity index is 293. The zero-order valence-corrected chi connectivity index (χ0v) is 7.90. The zero-order chi connectivity index (χ0) is 9.52. The number of hydrogen-bond acceptors (Lipinski definition) is 2. The van der Waals surface area contributed by atoms with Crippen LogP contribution >= 0.6 is 0 Å². The maximum Gasteiger partial charge on any atom is 0.250 e. The van der Waals surface area contributed by atoms with E-state index in [2.05, 4.69) is 0 Å². The summed E-state index contributed by atoms with van der Waals surface area (Å²) in [4.78, 5) is 11.2. The second-order valence-electron chi connectivity index (χ2n) is 2.78. The molecule has 0 aliphatic carbocycles. The van der Waals surface area contributed by atoms with E-state index in [1.807, 2.05) is 13.0 Å². The minimum Gasteiger partial charge on any atom is -0.382 e. The van der Waals surface area contributed by atoms with Gasteiger partial charge in [-0.15, -0.1) is 0 Å². The number of aryl methyl sites for hydroxylation is 1. The van der Waals surface area contributed by atoms with Crippen molar-refractivity contribution >= 4 is 0 Å². The summed E-state index contributed by atoms with van der Waals surface area (Å²) in [5.41, 5.74) is 0.0546. The Morgan fingerprint density at radius 1 is 1.46 bits per heavy atom. The average Bonchev–Trinajstić information content (AvgIpc) is 2.15. The minimum absolute atomic E-state index is 0.0546. The first kappa shape index (κ1) is 9.99. The van der Waals surface area contributed by atoms with Gasteiger partial charge in [0.25, 0.3) is 0 Å². The molecule has 0 aromatic carbocycles. The summed E-state index contributed by atoms with van der Waals surface area (Å²) < 4.78 is 6.87. The van der Waals surface area contributed by atoms with Crippen LogP contribution in [0.15, 0.2) is 29.2 Å². The molecule has 0 saturated carbocycles. The second-order valence-corrected chi connectivity index (χ2v) is 2.78. The second kappa shape index (κ2) is 5.54. The fraction of sp³-hybridized carbons (Fsp3) is 0.500. The van der Waals surface area contributed by atoms with Gasteiger partial charge in [-0.1, -0.05) is 6.07 Å². The van der Waals surface area contributed by atoms with Gasteiger partial charge in [0, 0.05) is 32.0 Å². The van der Waals surface area contributed by atoms with Crippen LogP contribution in [-0.4, -0.2) is 17.8 Å². The van der Waals surface area contributed by atoms with Crippen LogP contribution in [0, 0.1) is 0 Å². The summed E-state index contributed by atoms with van der Waals surface area (Å²) in [6, 6.07) is 5.18. The van der Waals surface area contributed by atoms with Crippen LogP contribution in [0.2, 0.25) is 0 Å². The van der Waals surface area contributed by atoms with Crippen molar-refractivity contribution in [1.82, 2.24) is 4.57 Å². The third-order valence-corrected chi connectivity index (χ3v) is 1.79. The zero-order valence-electron chi connectivity index (χ0n) is 7.90. The molecule has 0 fully saturated rings. The van der Waals surface area contributed by atoms with Crippen molar-refractivity contribution in [1.29, 1.82) is 0 Å². The fourth-order valence-electron chi connectivity index (χ4n) is 1.13. The summed E-state index contributed by atoms with van der Waals surface area (Å²) >= 11 is 0. The van der Waals surface area contributed by atoms with Crippen LogP contribution < -0.4 is 5.56 Å².